The maximum absolute atomic E-state index is 10.2. The summed E-state index contributed by atoms with van der Waals surface area (Å²) in [6.07, 6.45) is 13.6. The number of hydrogen-bond donors (Lipinski definition) is 1. The average Bonchev–Trinajstić information content (AvgIpc) is 3.05. The first-order chi connectivity index (χ1) is 12.3. The van der Waals surface area contributed by atoms with Gasteiger partial charge in [0.25, 0.3) is 6.92 Å². The van der Waals surface area contributed by atoms with Crippen LogP contribution in [0.15, 0.2) is 0 Å². The normalized spacial score (nSPS) is 59.2. The van der Waals surface area contributed by atoms with E-state index in [0.717, 1.165) is 36.5 Å². The van der Waals surface area contributed by atoms with E-state index in [9.17, 15) is 5.11 Å². The minimum Gasteiger partial charge on any atom is -0.433 e. The lowest BCUT2D eigenvalue weighted by atomic mass is 9.42. The molecule has 0 aromatic rings. The van der Waals surface area contributed by atoms with Crippen LogP contribution in [0.25, 0.3) is 0 Å². The van der Waals surface area contributed by atoms with Crippen molar-refractivity contribution in [1.82, 2.24) is 0 Å². The van der Waals surface area contributed by atoms with Crippen LogP contribution in [0.3, 0.4) is 0 Å². The average molecular weight is 358 g/mol. The van der Waals surface area contributed by atoms with Gasteiger partial charge >= 0.3 is 0 Å². The van der Waals surface area contributed by atoms with Gasteiger partial charge in [-0.25, -0.2) is 0 Å². The third-order valence-corrected chi connectivity index (χ3v) is 10.9. The molecule has 4 saturated carbocycles. The van der Waals surface area contributed by atoms with E-state index in [0.29, 0.717) is 29.3 Å². The smallest absolute Gasteiger partial charge is 0.290 e. The number of aliphatic hydroxyl groups is 1. The van der Waals surface area contributed by atoms with Crippen molar-refractivity contribution in [3.05, 3.63) is 0 Å². The lowest BCUT2D eigenvalue weighted by Gasteiger charge is -2.62. The summed E-state index contributed by atoms with van der Waals surface area (Å²) in [7, 11) is 0. The van der Waals surface area contributed by atoms with E-state index < -0.39 is 0 Å². The summed E-state index contributed by atoms with van der Waals surface area (Å²) in [6, 6.07) is 0. The van der Waals surface area contributed by atoms with Crippen LogP contribution in [-0.4, -0.2) is 24.2 Å². The van der Waals surface area contributed by atoms with Crippen molar-refractivity contribution in [2.75, 3.05) is 0 Å². The van der Waals surface area contributed by atoms with Gasteiger partial charge in [0, 0.05) is 6.10 Å². The molecule has 0 radical (unpaired) electrons. The lowest BCUT2D eigenvalue weighted by molar-refractivity contribution is -0.142. The fourth-order valence-electron chi connectivity index (χ4n) is 9.61. The van der Waals surface area contributed by atoms with Crippen molar-refractivity contribution in [1.29, 1.82) is 0 Å². The van der Waals surface area contributed by atoms with E-state index in [1.807, 2.05) is 0 Å². The summed E-state index contributed by atoms with van der Waals surface area (Å²) in [4.78, 5) is 0. The highest BCUT2D eigenvalue weighted by Gasteiger charge is 2.67. The molecule has 5 fully saturated rings. The van der Waals surface area contributed by atoms with Gasteiger partial charge in [0.15, 0.2) is 0 Å². The van der Waals surface area contributed by atoms with Crippen LogP contribution in [0, 0.1) is 39.9 Å². The summed E-state index contributed by atoms with van der Waals surface area (Å²) in [5, 5.41) is 10.2. The topological polar surface area (TPSA) is 29.5 Å². The second-order valence-corrected chi connectivity index (χ2v) is 11.5. The number of hydrogen-bond acceptors (Lipinski definition) is 2. The Bertz CT molecular complexity index is 581. The molecule has 0 amide bonds. The van der Waals surface area contributed by atoms with Crippen LogP contribution in [0.1, 0.15) is 78.6 Å². The molecule has 0 bridgehead atoms. The van der Waals surface area contributed by atoms with Gasteiger partial charge in [-0.2, -0.15) is 0 Å². The molecular weight excluding hydrogens is 319 g/mol. The third-order valence-electron chi connectivity index (χ3n) is 10.9. The minimum atomic E-state index is -0.0220. The largest absolute Gasteiger partial charge is 0.433 e. The first-order valence-corrected chi connectivity index (χ1v) is 11.6. The van der Waals surface area contributed by atoms with Crippen LogP contribution in [-0.2, 0) is 4.65 Å². The highest BCUT2D eigenvalue weighted by molar-refractivity contribution is 6.51. The lowest BCUT2D eigenvalue weighted by Crippen LogP contribution is -2.56. The van der Waals surface area contributed by atoms with Gasteiger partial charge in [0.05, 0.1) is 6.10 Å². The molecule has 5 aliphatic rings. The summed E-state index contributed by atoms with van der Waals surface area (Å²) in [6.45, 7) is 10.4. The fraction of sp³-hybridized carbons (Fsp3) is 1.00. The Morgan fingerprint density at radius 1 is 0.962 bits per heavy atom. The zero-order valence-electron chi connectivity index (χ0n) is 17.5. The van der Waals surface area contributed by atoms with Gasteiger partial charge in [-0.1, -0.05) is 20.7 Å². The first kappa shape index (κ1) is 18.0. The predicted molar refractivity (Wildman–Crippen MR) is 107 cm³/mol. The molecule has 0 aromatic carbocycles. The molecule has 0 aromatic heterocycles. The van der Waals surface area contributed by atoms with Gasteiger partial charge in [0.1, 0.15) is 0 Å². The molecular formula is C23H39BO2. The second kappa shape index (κ2) is 5.75. The molecule has 3 heteroatoms. The molecule has 2 nitrogen and oxygen atoms in total. The van der Waals surface area contributed by atoms with E-state index in [1.165, 1.54) is 51.3 Å². The number of aliphatic hydroxyl groups excluding tert-OH is 1. The predicted octanol–water partition coefficient (Wildman–Crippen LogP) is 5.42. The van der Waals surface area contributed by atoms with Crippen LogP contribution in [0.2, 0.25) is 13.1 Å². The van der Waals surface area contributed by atoms with Crippen molar-refractivity contribution in [2.24, 2.45) is 39.9 Å². The van der Waals surface area contributed by atoms with Crippen LogP contribution in [0.4, 0.5) is 0 Å². The summed E-state index contributed by atoms with van der Waals surface area (Å²) >= 11 is 0. The van der Waals surface area contributed by atoms with Crippen molar-refractivity contribution in [3.63, 3.8) is 0 Å². The Labute approximate surface area is 161 Å². The number of fused-ring (bicyclic) bond motifs is 6. The maximum Gasteiger partial charge on any atom is 0.290 e. The minimum absolute atomic E-state index is 0.0220. The van der Waals surface area contributed by atoms with E-state index in [1.54, 1.807) is 0 Å². The van der Waals surface area contributed by atoms with Crippen molar-refractivity contribution in [2.45, 2.75) is 104 Å². The van der Waals surface area contributed by atoms with Crippen molar-refractivity contribution < 1.29 is 9.76 Å². The molecule has 1 heterocycles. The highest BCUT2D eigenvalue weighted by Crippen LogP contribution is 2.73. The first-order valence-electron chi connectivity index (χ1n) is 11.6. The van der Waals surface area contributed by atoms with Crippen LogP contribution >= 0.6 is 0 Å². The third kappa shape index (κ3) is 2.14. The second-order valence-electron chi connectivity index (χ2n) is 11.5. The summed E-state index contributed by atoms with van der Waals surface area (Å²) in [5.74, 6) is 3.55. The quantitative estimate of drug-likeness (QED) is 0.586. The molecule has 3 unspecified atom stereocenters. The SMILES string of the molecule is CB1C[C@@]2(CCC3C4CC[C@@H]5C[C@H](O)CC[C@]5(C)C4CC[C@@]32C)[C@@H](C)O1. The van der Waals surface area contributed by atoms with E-state index in [-0.39, 0.29) is 6.10 Å². The number of rotatable bonds is 0. The molecule has 1 aliphatic heterocycles. The molecule has 1 saturated heterocycles. The molecule has 9 atom stereocenters. The van der Waals surface area contributed by atoms with Crippen molar-refractivity contribution in [3.8, 4) is 0 Å². The van der Waals surface area contributed by atoms with Gasteiger partial charge in [0.2, 0.25) is 0 Å². The van der Waals surface area contributed by atoms with Crippen molar-refractivity contribution >= 4 is 6.92 Å². The van der Waals surface area contributed by atoms with Gasteiger partial charge < -0.3 is 9.76 Å². The van der Waals surface area contributed by atoms with E-state index in [2.05, 4.69) is 27.6 Å². The Hall–Kier alpha value is -0.0151. The molecule has 1 spiro atoms. The molecule has 4 aliphatic carbocycles. The fourth-order valence-corrected chi connectivity index (χ4v) is 9.61. The van der Waals surface area contributed by atoms with Gasteiger partial charge in [-0.15, -0.1) is 0 Å². The Morgan fingerprint density at radius 2 is 1.73 bits per heavy atom. The zero-order valence-corrected chi connectivity index (χ0v) is 17.5. The van der Waals surface area contributed by atoms with Gasteiger partial charge in [-0.05, 0) is 111 Å². The molecule has 1 N–H and O–H groups in total. The Morgan fingerprint density at radius 3 is 2.46 bits per heavy atom. The van der Waals surface area contributed by atoms with E-state index >= 15 is 0 Å². The summed E-state index contributed by atoms with van der Waals surface area (Å²) < 4.78 is 6.34. The molecule has 26 heavy (non-hydrogen) atoms. The van der Waals surface area contributed by atoms with Crippen LogP contribution < -0.4 is 0 Å². The van der Waals surface area contributed by atoms with E-state index in [4.69, 9.17) is 4.65 Å². The Balaban J connectivity index is 1.45. The monoisotopic (exact) mass is 358 g/mol. The van der Waals surface area contributed by atoms with Gasteiger partial charge in [-0.3, -0.25) is 0 Å². The standard InChI is InChI=1S/C23H39BO2/c1-15-23(14-24(4)26-15)12-9-20-18-6-5-16-13-17(25)7-10-21(16,2)19(18)8-11-22(20,23)3/h15-20,25H,5-14H2,1-4H3/t15-,16-,17-,18?,19?,20?,21+,22+,23+/m1/s1. The highest BCUT2D eigenvalue weighted by atomic mass is 16.5. The zero-order chi connectivity index (χ0) is 18.3. The van der Waals surface area contributed by atoms with Crippen LogP contribution in [0.5, 0.6) is 0 Å². The molecule has 146 valence electrons. The molecule has 5 rings (SSSR count). The summed E-state index contributed by atoms with van der Waals surface area (Å²) in [5.41, 5.74) is 1.45. The Kier molecular flexibility index (Phi) is 3.99. The maximum atomic E-state index is 10.2.